The Morgan fingerprint density at radius 2 is 2.19 bits per heavy atom. The van der Waals surface area contributed by atoms with E-state index in [1.807, 2.05) is 10.7 Å². The SMILES string of the molecule is O=S(=O)(NC1CCn2nccc2C1)c1ccc(F)c(Cl)c1. The summed E-state index contributed by atoms with van der Waals surface area (Å²) in [6, 6.07) is 5.04. The van der Waals surface area contributed by atoms with Gasteiger partial charge >= 0.3 is 0 Å². The topological polar surface area (TPSA) is 64.0 Å². The highest BCUT2D eigenvalue weighted by molar-refractivity contribution is 7.89. The van der Waals surface area contributed by atoms with E-state index in [9.17, 15) is 12.8 Å². The fraction of sp³-hybridized carbons (Fsp3) is 0.308. The molecule has 0 spiro atoms. The largest absolute Gasteiger partial charge is 0.269 e. The number of hydrogen-bond donors (Lipinski definition) is 1. The highest BCUT2D eigenvalue weighted by Crippen LogP contribution is 2.21. The summed E-state index contributed by atoms with van der Waals surface area (Å²) in [4.78, 5) is -0.0343. The van der Waals surface area contributed by atoms with Gasteiger partial charge in [-0.05, 0) is 30.7 Å². The number of fused-ring (bicyclic) bond motifs is 1. The van der Waals surface area contributed by atoms with Crippen LogP contribution in [0.3, 0.4) is 0 Å². The van der Waals surface area contributed by atoms with Crippen LogP contribution in [0.5, 0.6) is 0 Å². The number of nitrogens with zero attached hydrogens (tertiary/aromatic N) is 2. The first-order chi connectivity index (χ1) is 9.95. The van der Waals surface area contributed by atoms with Gasteiger partial charge in [0.25, 0.3) is 0 Å². The van der Waals surface area contributed by atoms with Crippen molar-refractivity contribution in [2.24, 2.45) is 0 Å². The van der Waals surface area contributed by atoms with Gasteiger partial charge in [-0.1, -0.05) is 11.6 Å². The third kappa shape index (κ3) is 2.95. The molecule has 1 atom stereocenters. The van der Waals surface area contributed by atoms with E-state index in [2.05, 4.69) is 9.82 Å². The molecule has 8 heteroatoms. The molecule has 0 fully saturated rings. The van der Waals surface area contributed by atoms with Gasteiger partial charge < -0.3 is 0 Å². The fourth-order valence-corrected chi connectivity index (χ4v) is 3.94. The van der Waals surface area contributed by atoms with Crippen LogP contribution in [0.4, 0.5) is 4.39 Å². The Morgan fingerprint density at radius 3 is 2.95 bits per heavy atom. The van der Waals surface area contributed by atoms with Gasteiger partial charge in [-0.15, -0.1) is 0 Å². The van der Waals surface area contributed by atoms with Crippen LogP contribution < -0.4 is 4.72 Å². The summed E-state index contributed by atoms with van der Waals surface area (Å²) in [6.45, 7) is 0.666. The maximum atomic E-state index is 13.1. The van der Waals surface area contributed by atoms with E-state index < -0.39 is 15.8 Å². The molecule has 112 valence electrons. The van der Waals surface area contributed by atoms with E-state index in [0.717, 1.165) is 17.8 Å². The highest BCUT2D eigenvalue weighted by atomic mass is 35.5. The lowest BCUT2D eigenvalue weighted by Gasteiger charge is -2.24. The number of aryl methyl sites for hydroxylation is 1. The molecule has 2 aromatic rings. The van der Waals surface area contributed by atoms with Gasteiger partial charge in [0.2, 0.25) is 10.0 Å². The molecule has 0 radical (unpaired) electrons. The quantitative estimate of drug-likeness (QED) is 0.936. The number of sulfonamides is 1. The van der Waals surface area contributed by atoms with Crippen molar-refractivity contribution in [1.82, 2.24) is 14.5 Å². The minimum Gasteiger partial charge on any atom is -0.269 e. The second-order valence-corrected chi connectivity index (χ2v) is 7.05. The summed E-state index contributed by atoms with van der Waals surface area (Å²) in [7, 11) is -3.72. The molecule has 5 nitrogen and oxygen atoms in total. The van der Waals surface area contributed by atoms with E-state index >= 15 is 0 Å². The average Bonchev–Trinajstić information content (AvgIpc) is 2.88. The summed E-state index contributed by atoms with van der Waals surface area (Å²) in [5, 5.41) is 3.94. The zero-order valence-electron chi connectivity index (χ0n) is 11.0. The molecule has 1 aliphatic rings. The molecule has 1 aromatic heterocycles. The van der Waals surface area contributed by atoms with Crippen LogP contribution in [0.2, 0.25) is 5.02 Å². The van der Waals surface area contributed by atoms with Gasteiger partial charge in [0.1, 0.15) is 5.82 Å². The van der Waals surface area contributed by atoms with Gasteiger partial charge in [-0.25, -0.2) is 17.5 Å². The monoisotopic (exact) mass is 329 g/mol. The molecular formula is C13H13ClFN3O2S. The van der Waals surface area contributed by atoms with Crippen molar-refractivity contribution in [2.75, 3.05) is 0 Å². The molecule has 0 saturated carbocycles. The predicted octanol–water partition coefficient (Wildman–Crippen LogP) is 1.97. The lowest BCUT2D eigenvalue weighted by molar-refractivity contribution is 0.414. The first-order valence-electron chi connectivity index (χ1n) is 6.44. The van der Waals surface area contributed by atoms with E-state index in [-0.39, 0.29) is 16.0 Å². The molecule has 0 amide bonds. The number of nitrogens with one attached hydrogen (secondary N) is 1. The first-order valence-corrected chi connectivity index (χ1v) is 8.30. The van der Waals surface area contributed by atoms with Crippen LogP contribution in [-0.4, -0.2) is 24.2 Å². The zero-order valence-corrected chi connectivity index (χ0v) is 12.5. The Kier molecular flexibility index (Phi) is 3.73. The van der Waals surface area contributed by atoms with Crippen LogP contribution in [0.1, 0.15) is 12.1 Å². The zero-order chi connectivity index (χ0) is 15.0. The van der Waals surface area contributed by atoms with Gasteiger partial charge in [-0.2, -0.15) is 5.10 Å². The van der Waals surface area contributed by atoms with Crippen LogP contribution in [-0.2, 0) is 23.0 Å². The Bertz CT molecular complexity index is 775. The lowest BCUT2D eigenvalue weighted by atomic mass is 10.1. The van der Waals surface area contributed by atoms with Crippen LogP contribution in [0.15, 0.2) is 35.4 Å². The first kappa shape index (κ1) is 14.5. The van der Waals surface area contributed by atoms with Crippen molar-refractivity contribution in [3.8, 4) is 0 Å². The van der Waals surface area contributed by atoms with Gasteiger partial charge in [-0.3, -0.25) is 4.68 Å². The molecule has 1 aromatic carbocycles. The van der Waals surface area contributed by atoms with Crippen molar-refractivity contribution >= 4 is 21.6 Å². The number of benzene rings is 1. The molecule has 1 aliphatic heterocycles. The van der Waals surface area contributed by atoms with Crippen molar-refractivity contribution in [2.45, 2.75) is 30.3 Å². The number of halogens is 2. The van der Waals surface area contributed by atoms with Crippen LogP contribution in [0.25, 0.3) is 0 Å². The standard InChI is InChI=1S/C13H13ClFN3O2S/c14-12-8-11(1-2-13(12)15)21(19,20)17-9-4-6-18-10(7-9)3-5-16-18/h1-3,5,8-9,17H,4,6-7H2. The smallest absolute Gasteiger partial charge is 0.240 e. The van der Waals surface area contributed by atoms with Gasteiger partial charge in [0.05, 0.1) is 9.92 Å². The van der Waals surface area contributed by atoms with Crippen molar-refractivity contribution in [3.05, 3.63) is 47.0 Å². The van der Waals surface area contributed by atoms with Crippen molar-refractivity contribution < 1.29 is 12.8 Å². The van der Waals surface area contributed by atoms with Crippen LogP contribution >= 0.6 is 11.6 Å². The number of aromatic nitrogens is 2. The number of rotatable bonds is 3. The second kappa shape index (κ2) is 5.40. The Hall–Kier alpha value is -1.44. The molecule has 1 N–H and O–H groups in total. The molecule has 21 heavy (non-hydrogen) atoms. The van der Waals surface area contributed by atoms with Gasteiger partial charge in [0.15, 0.2) is 0 Å². The molecule has 0 saturated heterocycles. The highest BCUT2D eigenvalue weighted by Gasteiger charge is 2.25. The molecule has 3 rings (SSSR count). The summed E-state index contributed by atoms with van der Waals surface area (Å²) in [5.74, 6) is -0.641. The van der Waals surface area contributed by atoms with E-state index in [0.29, 0.717) is 19.4 Å². The molecule has 0 aliphatic carbocycles. The van der Waals surface area contributed by atoms with E-state index in [1.165, 1.54) is 6.07 Å². The fourth-order valence-electron chi connectivity index (χ4n) is 2.40. The van der Waals surface area contributed by atoms with E-state index in [1.54, 1.807) is 6.20 Å². The maximum Gasteiger partial charge on any atom is 0.240 e. The Morgan fingerprint density at radius 1 is 1.38 bits per heavy atom. The van der Waals surface area contributed by atoms with Crippen molar-refractivity contribution in [3.63, 3.8) is 0 Å². The normalized spacial score (nSPS) is 18.5. The molecule has 2 heterocycles. The Labute approximate surface area is 126 Å². The molecule has 0 bridgehead atoms. The van der Waals surface area contributed by atoms with E-state index in [4.69, 9.17) is 11.6 Å². The summed E-state index contributed by atoms with van der Waals surface area (Å²) in [6.07, 6.45) is 2.93. The Balaban J connectivity index is 1.79. The molecule has 1 unspecified atom stereocenters. The summed E-state index contributed by atoms with van der Waals surface area (Å²) < 4.78 is 42.2. The summed E-state index contributed by atoms with van der Waals surface area (Å²) >= 11 is 5.64. The third-order valence-corrected chi connectivity index (χ3v) is 5.28. The summed E-state index contributed by atoms with van der Waals surface area (Å²) in [5.41, 5.74) is 0.992. The van der Waals surface area contributed by atoms with Gasteiger partial charge in [0, 0.05) is 30.9 Å². The predicted molar refractivity (Wildman–Crippen MR) is 76.1 cm³/mol. The maximum absolute atomic E-state index is 13.1. The minimum absolute atomic E-state index is 0.0343. The molecular weight excluding hydrogens is 317 g/mol. The minimum atomic E-state index is -3.72. The lowest BCUT2D eigenvalue weighted by Crippen LogP contribution is -2.40. The average molecular weight is 330 g/mol. The third-order valence-electron chi connectivity index (χ3n) is 3.47. The van der Waals surface area contributed by atoms with Crippen molar-refractivity contribution in [1.29, 1.82) is 0 Å². The van der Waals surface area contributed by atoms with Crippen LogP contribution in [0, 0.1) is 5.82 Å². The number of hydrogen-bond acceptors (Lipinski definition) is 3. The second-order valence-electron chi connectivity index (χ2n) is 4.93.